The fourth-order valence-corrected chi connectivity index (χ4v) is 3.07. The highest BCUT2D eigenvalue weighted by molar-refractivity contribution is 7.92. The molecule has 0 unspecified atom stereocenters. The number of hydrogen-bond acceptors (Lipinski definition) is 3. The largest absolute Gasteiger partial charge is 0.478 e. The normalized spacial score (nSPS) is 15.6. The lowest BCUT2D eigenvalue weighted by molar-refractivity contribution is 0.0697. The summed E-state index contributed by atoms with van der Waals surface area (Å²) in [5, 5.41) is 9.01. The van der Waals surface area contributed by atoms with Crippen molar-refractivity contribution in [3.63, 3.8) is 0 Å². The quantitative estimate of drug-likeness (QED) is 0.731. The Bertz CT molecular complexity index is 558. The molecule has 1 aliphatic rings. The van der Waals surface area contributed by atoms with E-state index in [1.165, 1.54) is 6.20 Å². The molecular weight excluding hydrogens is 256 g/mol. The molecule has 1 saturated carbocycles. The molecule has 1 aromatic heterocycles. The molecule has 100 valence electrons. The molecule has 0 bridgehead atoms. The Balaban J connectivity index is 2.10. The zero-order valence-corrected chi connectivity index (χ0v) is 10.9. The average Bonchev–Trinajstić information content (AvgIpc) is 3.01. The van der Waals surface area contributed by atoms with E-state index in [0.717, 1.165) is 12.8 Å². The lowest BCUT2D eigenvalue weighted by atomic mass is 10.2. The van der Waals surface area contributed by atoms with E-state index in [4.69, 9.17) is 5.11 Å². The fourth-order valence-electron chi connectivity index (χ4n) is 1.83. The van der Waals surface area contributed by atoms with Crippen molar-refractivity contribution in [2.24, 2.45) is 5.92 Å². The number of aryl methyl sites for hydroxylation is 1. The summed E-state index contributed by atoms with van der Waals surface area (Å²) in [4.78, 5) is 13.7. The molecule has 0 aliphatic heterocycles. The second-order valence-corrected chi connectivity index (χ2v) is 6.50. The van der Waals surface area contributed by atoms with Crippen LogP contribution in [0.4, 0.5) is 5.69 Å². The molecule has 7 heteroatoms. The first-order valence-corrected chi connectivity index (χ1v) is 7.46. The monoisotopic (exact) mass is 272 g/mol. The number of carboxylic acids is 1. The number of hydrogen-bond donors (Lipinski definition) is 3. The topological polar surface area (TPSA) is 99.3 Å². The number of rotatable bonds is 6. The van der Waals surface area contributed by atoms with Gasteiger partial charge in [-0.25, -0.2) is 13.2 Å². The third kappa shape index (κ3) is 3.04. The van der Waals surface area contributed by atoms with E-state index in [9.17, 15) is 13.2 Å². The molecule has 0 amide bonds. The first-order chi connectivity index (χ1) is 8.39. The van der Waals surface area contributed by atoms with Crippen molar-refractivity contribution in [3.05, 3.63) is 17.5 Å². The van der Waals surface area contributed by atoms with Gasteiger partial charge < -0.3 is 10.1 Å². The molecular formula is C11H16N2O4S. The molecule has 18 heavy (non-hydrogen) atoms. The van der Waals surface area contributed by atoms with E-state index in [1.807, 2.05) is 0 Å². The van der Waals surface area contributed by atoms with Crippen LogP contribution in [0.15, 0.2) is 6.20 Å². The van der Waals surface area contributed by atoms with Gasteiger partial charge in [-0.2, -0.15) is 0 Å². The summed E-state index contributed by atoms with van der Waals surface area (Å²) in [6.45, 7) is 1.59. The number of anilines is 1. The molecule has 1 aromatic rings. The Kier molecular flexibility index (Phi) is 3.34. The molecule has 6 nitrogen and oxygen atoms in total. The number of nitrogens with one attached hydrogen (secondary N) is 2. The Labute approximate surface area is 105 Å². The highest BCUT2D eigenvalue weighted by atomic mass is 32.2. The Morgan fingerprint density at radius 1 is 1.56 bits per heavy atom. The van der Waals surface area contributed by atoms with Crippen LogP contribution in [0.2, 0.25) is 0 Å². The maximum Gasteiger partial charge on any atom is 0.339 e. The van der Waals surface area contributed by atoms with E-state index >= 15 is 0 Å². The summed E-state index contributed by atoms with van der Waals surface area (Å²) >= 11 is 0. The predicted molar refractivity (Wildman–Crippen MR) is 67.2 cm³/mol. The first kappa shape index (κ1) is 12.9. The standard InChI is InChI=1S/C11H16N2O4S/c1-7-10(11(14)15)9(6-12-7)13-18(16,17)5-4-8-2-3-8/h6,8,12-13H,2-5H2,1H3,(H,14,15). The maximum atomic E-state index is 11.8. The molecule has 1 fully saturated rings. The van der Waals surface area contributed by atoms with Crippen molar-refractivity contribution in [3.8, 4) is 0 Å². The van der Waals surface area contributed by atoms with Crippen molar-refractivity contribution < 1.29 is 18.3 Å². The van der Waals surface area contributed by atoms with Gasteiger partial charge in [-0.1, -0.05) is 12.8 Å². The van der Waals surface area contributed by atoms with Crippen molar-refractivity contribution in [2.75, 3.05) is 10.5 Å². The Morgan fingerprint density at radius 3 is 2.78 bits per heavy atom. The highest BCUT2D eigenvalue weighted by Gasteiger charge is 2.25. The zero-order chi connectivity index (χ0) is 13.3. The predicted octanol–water partition coefficient (Wildman–Crippen LogP) is 1.56. The van der Waals surface area contributed by atoms with E-state index in [2.05, 4.69) is 9.71 Å². The van der Waals surface area contributed by atoms with Crippen LogP contribution in [0.1, 0.15) is 35.3 Å². The van der Waals surface area contributed by atoms with Gasteiger partial charge in [-0.15, -0.1) is 0 Å². The van der Waals surface area contributed by atoms with Gasteiger partial charge in [0.2, 0.25) is 10.0 Å². The number of sulfonamides is 1. The van der Waals surface area contributed by atoms with Crippen LogP contribution >= 0.6 is 0 Å². The summed E-state index contributed by atoms with van der Waals surface area (Å²) in [6.07, 6.45) is 4.20. The third-order valence-electron chi connectivity index (χ3n) is 3.05. The zero-order valence-electron chi connectivity index (χ0n) is 10.1. The van der Waals surface area contributed by atoms with Gasteiger partial charge in [0.25, 0.3) is 0 Å². The van der Waals surface area contributed by atoms with Crippen molar-refractivity contribution in [2.45, 2.75) is 26.2 Å². The van der Waals surface area contributed by atoms with Crippen LogP contribution < -0.4 is 4.72 Å². The van der Waals surface area contributed by atoms with Crippen molar-refractivity contribution in [1.29, 1.82) is 0 Å². The molecule has 1 aliphatic carbocycles. The lowest BCUT2D eigenvalue weighted by Gasteiger charge is -2.07. The molecule has 3 N–H and O–H groups in total. The Morgan fingerprint density at radius 2 is 2.22 bits per heavy atom. The van der Waals surface area contributed by atoms with Gasteiger partial charge in [0.05, 0.1) is 11.4 Å². The minimum atomic E-state index is -3.47. The summed E-state index contributed by atoms with van der Waals surface area (Å²) in [7, 11) is -3.47. The summed E-state index contributed by atoms with van der Waals surface area (Å²) in [5.74, 6) is -0.580. The van der Waals surface area contributed by atoms with Gasteiger partial charge in [-0.05, 0) is 19.3 Å². The van der Waals surface area contributed by atoms with E-state index in [0.29, 0.717) is 18.0 Å². The SMILES string of the molecule is Cc1[nH]cc(NS(=O)(=O)CCC2CC2)c1C(=O)O. The van der Waals surface area contributed by atoms with Crippen LogP contribution in [-0.2, 0) is 10.0 Å². The molecule has 0 spiro atoms. The number of aromatic carboxylic acids is 1. The van der Waals surface area contributed by atoms with Crippen molar-refractivity contribution in [1.82, 2.24) is 4.98 Å². The van der Waals surface area contributed by atoms with Gasteiger partial charge in [0, 0.05) is 11.9 Å². The number of aromatic nitrogens is 1. The van der Waals surface area contributed by atoms with E-state index < -0.39 is 16.0 Å². The number of aromatic amines is 1. The number of H-pyrrole nitrogens is 1. The fraction of sp³-hybridized carbons (Fsp3) is 0.545. The van der Waals surface area contributed by atoms with Crippen molar-refractivity contribution >= 4 is 21.7 Å². The van der Waals surface area contributed by atoms with Gasteiger partial charge in [-0.3, -0.25) is 4.72 Å². The minimum absolute atomic E-state index is 0.0232. The molecule has 0 aromatic carbocycles. The molecule has 0 atom stereocenters. The maximum absolute atomic E-state index is 11.8. The highest BCUT2D eigenvalue weighted by Crippen LogP contribution is 2.32. The third-order valence-corrected chi connectivity index (χ3v) is 4.35. The van der Waals surface area contributed by atoms with Crippen LogP contribution in [0.3, 0.4) is 0 Å². The molecule has 0 radical (unpaired) electrons. The number of carbonyl (C=O) groups is 1. The second kappa shape index (κ2) is 4.64. The van der Waals surface area contributed by atoms with Crippen LogP contribution in [0.5, 0.6) is 0 Å². The van der Waals surface area contributed by atoms with Crippen LogP contribution in [0.25, 0.3) is 0 Å². The minimum Gasteiger partial charge on any atom is -0.478 e. The number of carboxylic acid groups (broad SMARTS) is 1. The van der Waals surface area contributed by atoms with E-state index in [-0.39, 0.29) is 17.0 Å². The van der Waals surface area contributed by atoms with Crippen LogP contribution in [-0.4, -0.2) is 30.2 Å². The summed E-state index contributed by atoms with van der Waals surface area (Å²) in [5.41, 5.74) is 0.517. The average molecular weight is 272 g/mol. The summed E-state index contributed by atoms with van der Waals surface area (Å²) < 4.78 is 25.9. The Hall–Kier alpha value is -1.50. The van der Waals surface area contributed by atoms with Gasteiger partial charge in [0.15, 0.2) is 0 Å². The van der Waals surface area contributed by atoms with Gasteiger partial charge >= 0.3 is 5.97 Å². The van der Waals surface area contributed by atoms with Crippen LogP contribution in [0, 0.1) is 12.8 Å². The molecule has 2 rings (SSSR count). The lowest BCUT2D eigenvalue weighted by Crippen LogP contribution is -2.18. The summed E-state index contributed by atoms with van der Waals surface area (Å²) in [6, 6.07) is 0. The second-order valence-electron chi connectivity index (χ2n) is 4.66. The van der Waals surface area contributed by atoms with Gasteiger partial charge in [0.1, 0.15) is 5.56 Å². The van der Waals surface area contributed by atoms with E-state index in [1.54, 1.807) is 6.92 Å². The molecule has 1 heterocycles. The smallest absolute Gasteiger partial charge is 0.339 e. The molecule has 0 saturated heterocycles. The first-order valence-electron chi connectivity index (χ1n) is 5.81.